The summed E-state index contributed by atoms with van der Waals surface area (Å²) in [6.45, 7) is 2.70. The lowest BCUT2D eigenvalue weighted by atomic mass is 9.68. The molecule has 0 saturated heterocycles. The van der Waals surface area contributed by atoms with Crippen molar-refractivity contribution in [2.75, 3.05) is 13.2 Å². The van der Waals surface area contributed by atoms with Crippen LogP contribution in [0.1, 0.15) is 51.9 Å². The third kappa shape index (κ3) is 4.07. The van der Waals surface area contributed by atoms with Crippen molar-refractivity contribution in [3.63, 3.8) is 0 Å². The van der Waals surface area contributed by atoms with Gasteiger partial charge in [-0.15, -0.1) is 0 Å². The highest BCUT2D eigenvalue weighted by Crippen LogP contribution is 2.44. The second kappa shape index (κ2) is 7.67. The molecule has 2 aliphatic carbocycles. The molecule has 1 heterocycles. The van der Waals surface area contributed by atoms with Crippen molar-refractivity contribution in [3.8, 4) is 0 Å². The zero-order valence-electron chi connectivity index (χ0n) is 14.0. The number of allylic oxidation sites excluding steroid dienone is 1. The van der Waals surface area contributed by atoms with E-state index >= 15 is 0 Å². The minimum absolute atomic E-state index is 0.0952. The van der Waals surface area contributed by atoms with Gasteiger partial charge in [0, 0.05) is 25.2 Å². The second-order valence-corrected chi connectivity index (χ2v) is 7.02. The van der Waals surface area contributed by atoms with Crippen LogP contribution in [0.4, 0.5) is 0 Å². The van der Waals surface area contributed by atoms with Gasteiger partial charge >= 0.3 is 0 Å². The maximum Gasteiger partial charge on any atom is 0.286 e. The highest BCUT2D eigenvalue weighted by atomic mass is 16.7. The number of hydrogen-bond acceptors (Lipinski definition) is 4. The SMILES string of the molecule is CCO[C@H]1OC(C(=O)NC2CC2)=C[C@@H](C2CCC2)[C@H]1CCCO. The maximum absolute atomic E-state index is 12.4. The molecule has 0 aromatic heterocycles. The Bertz CT molecular complexity index is 442. The summed E-state index contributed by atoms with van der Waals surface area (Å²) < 4.78 is 11.7. The lowest BCUT2D eigenvalue weighted by molar-refractivity contribution is -0.178. The van der Waals surface area contributed by atoms with E-state index in [2.05, 4.69) is 5.32 Å². The van der Waals surface area contributed by atoms with Gasteiger partial charge in [-0.25, -0.2) is 0 Å². The van der Waals surface area contributed by atoms with E-state index in [4.69, 9.17) is 9.47 Å². The van der Waals surface area contributed by atoms with E-state index in [0.29, 0.717) is 30.2 Å². The molecule has 0 aromatic rings. The summed E-state index contributed by atoms with van der Waals surface area (Å²) >= 11 is 0. The molecule has 3 atom stereocenters. The van der Waals surface area contributed by atoms with Gasteiger partial charge in [-0.3, -0.25) is 4.79 Å². The van der Waals surface area contributed by atoms with Gasteiger partial charge in [-0.05, 0) is 63.4 Å². The molecule has 0 radical (unpaired) electrons. The first kappa shape index (κ1) is 16.8. The number of nitrogens with one attached hydrogen (secondary N) is 1. The van der Waals surface area contributed by atoms with Gasteiger partial charge in [0.2, 0.25) is 6.29 Å². The molecule has 0 spiro atoms. The lowest BCUT2D eigenvalue weighted by Gasteiger charge is -2.43. The molecule has 0 aromatic carbocycles. The van der Waals surface area contributed by atoms with Gasteiger partial charge in [-0.2, -0.15) is 0 Å². The molecule has 130 valence electrons. The number of aliphatic hydroxyl groups excluding tert-OH is 1. The van der Waals surface area contributed by atoms with Crippen LogP contribution in [0.5, 0.6) is 0 Å². The molecule has 5 heteroatoms. The Kier molecular flexibility index (Phi) is 5.59. The van der Waals surface area contributed by atoms with Crippen molar-refractivity contribution < 1.29 is 19.4 Å². The van der Waals surface area contributed by atoms with Crippen LogP contribution in [0.2, 0.25) is 0 Å². The van der Waals surface area contributed by atoms with Gasteiger partial charge in [0.1, 0.15) is 0 Å². The molecule has 0 unspecified atom stereocenters. The van der Waals surface area contributed by atoms with Gasteiger partial charge < -0.3 is 19.9 Å². The first-order valence-corrected chi connectivity index (χ1v) is 9.14. The summed E-state index contributed by atoms with van der Waals surface area (Å²) in [4.78, 5) is 12.4. The van der Waals surface area contributed by atoms with Crippen LogP contribution in [0.3, 0.4) is 0 Å². The molecule has 1 amide bonds. The number of ether oxygens (including phenoxy) is 2. The predicted molar refractivity (Wildman–Crippen MR) is 86.4 cm³/mol. The van der Waals surface area contributed by atoms with Crippen LogP contribution >= 0.6 is 0 Å². The molecule has 3 rings (SSSR count). The third-order valence-electron chi connectivity index (χ3n) is 5.29. The fourth-order valence-corrected chi connectivity index (χ4v) is 3.63. The van der Waals surface area contributed by atoms with Crippen LogP contribution in [0.25, 0.3) is 0 Å². The number of amides is 1. The van der Waals surface area contributed by atoms with Crippen molar-refractivity contribution in [1.82, 2.24) is 5.32 Å². The molecule has 3 aliphatic rings. The molecular formula is C18H29NO4. The normalized spacial score (nSPS) is 31.0. The first-order chi connectivity index (χ1) is 11.2. The molecule has 2 fully saturated rings. The van der Waals surface area contributed by atoms with E-state index in [9.17, 15) is 9.90 Å². The Morgan fingerprint density at radius 1 is 1.39 bits per heavy atom. The van der Waals surface area contributed by atoms with Crippen LogP contribution < -0.4 is 5.32 Å². The Labute approximate surface area is 138 Å². The van der Waals surface area contributed by atoms with Crippen molar-refractivity contribution in [1.29, 1.82) is 0 Å². The molecule has 1 aliphatic heterocycles. The Balaban J connectivity index is 1.76. The van der Waals surface area contributed by atoms with Crippen LogP contribution in [0.15, 0.2) is 11.8 Å². The highest BCUT2D eigenvalue weighted by molar-refractivity contribution is 5.92. The molecule has 0 bridgehead atoms. The number of rotatable bonds is 8. The van der Waals surface area contributed by atoms with E-state index in [1.807, 2.05) is 13.0 Å². The van der Waals surface area contributed by atoms with E-state index < -0.39 is 0 Å². The number of carbonyl (C=O) groups excluding carboxylic acids is 1. The van der Waals surface area contributed by atoms with Crippen molar-refractivity contribution >= 4 is 5.91 Å². The highest BCUT2D eigenvalue weighted by Gasteiger charge is 2.42. The van der Waals surface area contributed by atoms with E-state index in [1.165, 1.54) is 19.3 Å². The average molecular weight is 323 g/mol. The topological polar surface area (TPSA) is 67.8 Å². The van der Waals surface area contributed by atoms with Gasteiger partial charge in [0.15, 0.2) is 5.76 Å². The van der Waals surface area contributed by atoms with Gasteiger partial charge in [0.05, 0.1) is 0 Å². The van der Waals surface area contributed by atoms with Crippen LogP contribution in [-0.2, 0) is 14.3 Å². The Hall–Kier alpha value is -1.07. The minimum atomic E-state index is -0.373. The standard InChI is InChI=1S/C18H29NO4/c1-2-22-18-14(7-4-10-20)15(12-5-3-6-12)11-16(23-18)17(21)19-13-8-9-13/h11-15,18,20H,2-10H2,1H3,(H,19,21)/t14-,15+,18+/m1/s1. The Morgan fingerprint density at radius 2 is 2.17 bits per heavy atom. The van der Waals surface area contributed by atoms with Crippen LogP contribution in [-0.4, -0.2) is 36.6 Å². The monoisotopic (exact) mass is 323 g/mol. The van der Waals surface area contributed by atoms with E-state index in [0.717, 1.165) is 25.7 Å². The minimum Gasteiger partial charge on any atom is -0.459 e. The fourth-order valence-electron chi connectivity index (χ4n) is 3.63. The lowest BCUT2D eigenvalue weighted by Crippen LogP contribution is -2.43. The van der Waals surface area contributed by atoms with Crippen LogP contribution in [0, 0.1) is 17.8 Å². The fraction of sp³-hybridized carbons (Fsp3) is 0.833. The molecule has 23 heavy (non-hydrogen) atoms. The van der Waals surface area contributed by atoms with Crippen molar-refractivity contribution in [2.24, 2.45) is 17.8 Å². The summed E-state index contributed by atoms with van der Waals surface area (Å²) in [7, 11) is 0. The maximum atomic E-state index is 12.4. The third-order valence-corrected chi connectivity index (χ3v) is 5.29. The molecule has 2 N–H and O–H groups in total. The van der Waals surface area contributed by atoms with Gasteiger partial charge in [-0.1, -0.05) is 6.42 Å². The number of aliphatic hydroxyl groups is 1. The predicted octanol–water partition coefficient (Wildman–Crippen LogP) is 2.35. The first-order valence-electron chi connectivity index (χ1n) is 9.14. The van der Waals surface area contributed by atoms with Crippen molar-refractivity contribution in [3.05, 3.63) is 11.8 Å². The summed E-state index contributed by atoms with van der Waals surface area (Å²) in [6, 6.07) is 0.326. The van der Waals surface area contributed by atoms with E-state index in [-0.39, 0.29) is 24.7 Å². The summed E-state index contributed by atoms with van der Waals surface area (Å²) in [6.07, 6.45) is 9.12. The average Bonchev–Trinajstić information content (AvgIpc) is 3.28. The van der Waals surface area contributed by atoms with Gasteiger partial charge in [0.25, 0.3) is 5.91 Å². The largest absolute Gasteiger partial charge is 0.459 e. The summed E-state index contributed by atoms with van der Waals surface area (Å²) in [5.41, 5.74) is 0. The second-order valence-electron chi connectivity index (χ2n) is 7.02. The number of hydrogen-bond donors (Lipinski definition) is 2. The zero-order valence-corrected chi connectivity index (χ0v) is 14.0. The molecule has 5 nitrogen and oxygen atoms in total. The Morgan fingerprint density at radius 3 is 2.74 bits per heavy atom. The summed E-state index contributed by atoms with van der Waals surface area (Å²) in [5.74, 6) is 1.51. The van der Waals surface area contributed by atoms with E-state index in [1.54, 1.807) is 0 Å². The zero-order chi connectivity index (χ0) is 16.2. The number of carbonyl (C=O) groups is 1. The quantitative estimate of drug-likeness (QED) is 0.719. The molecular weight excluding hydrogens is 294 g/mol. The molecule has 2 saturated carbocycles. The summed E-state index contributed by atoms with van der Waals surface area (Å²) in [5, 5.41) is 12.2. The smallest absolute Gasteiger partial charge is 0.286 e. The van der Waals surface area contributed by atoms with Crippen molar-refractivity contribution in [2.45, 2.75) is 64.2 Å².